The van der Waals surface area contributed by atoms with Gasteiger partial charge in [0.1, 0.15) is 5.60 Å². The first-order valence-corrected chi connectivity index (χ1v) is 10.9. The van der Waals surface area contributed by atoms with Gasteiger partial charge in [0.15, 0.2) is 0 Å². The fourth-order valence-electron chi connectivity index (χ4n) is 3.70. The maximum Gasteiger partial charge on any atom is 0.307 e. The molecule has 2 atom stereocenters. The lowest BCUT2D eigenvalue weighted by Crippen LogP contribution is -2.39. The molecular formula is C26H37NO2. The van der Waals surface area contributed by atoms with E-state index in [9.17, 15) is 4.79 Å². The minimum Gasteiger partial charge on any atom is -0.460 e. The molecule has 0 saturated heterocycles. The van der Waals surface area contributed by atoms with Crippen LogP contribution in [0.15, 0.2) is 60.7 Å². The van der Waals surface area contributed by atoms with E-state index in [-0.39, 0.29) is 18.1 Å². The number of benzene rings is 2. The van der Waals surface area contributed by atoms with Crippen molar-refractivity contribution in [1.29, 1.82) is 0 Å². The third-order valence-corrected chi connectivity index (χ3v) is 5.17. The van der Waals surface area contributed by atoms with Gasteiger partial charge in [-0.3, -0.25) is 9.69 Å². The third-order valence-electron chi connectivity index (χ3n) is 5.17. The molecule has 0 bridgehead atoms. The van der Waals surface area contributed by atoms with Crippen LogP contribution in [0.1, 0.15) is 77.5 Å². The summed E-state index contributed by atoms with van der Waals surface area (Å²) in [6, 6.07) is 21.4. The van der Waals surface area contributed by atoms with Gasteiger partial charge < -0.3 is 4.74 Å². The van der Waals surface area contributed by atoms with Crippen molar-refractivity contribution in [2.24, 2.45) is 0 Å². The molecule has 0 heterocycles. The van der Waals surface area contributed by atoms with E-state index in [0.29, 0.717) is 6.42 Å². The molecule has 0 spiro atoms. The van der Waals surface area contributed by atoms with Gasteiger partial charge in [-0.15, -0.1) is 0 Å². The average Bonchev–Trinajstić information content (AvgIpc) is 2.69. The first-order chi connectivity index (χ1) is 13.8. The third kappa shape index (κ3) is 8.02. The van der Waals surface area contributed by atoms with Gasteiger partial charge in [0.25, 0.3) is 0 Å². The Bertz CT molecular complexity index is 721. The van der Waals surface area contributed by atoms with Gasteiger partial charge in [-0.2, -0.15) is 0 Å². The fraction of sp³-hybridized carbons (Fsp3) is 0.500. The van der Waals surface area contributed by atoms with E-state index in [1.807, 2.05) is 32.9 Å². The lowest BCUT2D eigenvalue weighted by atomic mass is 9.98. The van der Waals surface area contributed by atoms with Crippen molar-refractivity contribution in [3.8, 4) is 0 Å². The Labute approximate surface area is 177 Å². The van der Waals surface area contributed by atoms with E-state index in [1.165, 1.54) is 11.1 Å². The Morgan fingerprint density at radius 1 is 1.00 bits per heavy atom. The molecule has 0 aliphatic heterocycles. The molecule has 3 nitrogen and oxygen atoms in total. The molecule has 3 heteroatoms. The Kier molecular flexibility index (Phi) is 8.91. The normalized spacial score (nSPS) is 13.9. The second kappa shape index (κ2) is 11.2. The quantitative estimate of drug-likeness (QED) is 0.428. The van der Waals surface area contributed by atoms with Crippen LogP contribution in [0.2, 0.25) is 0 Å². The summed E-state index contributed by atoms with van der Waals surface area (Å²) < 4.78 is 5.67. The second-order valence-electron chi connectivity index (χ2n) is 8.83. The lowest BCUT2D eigenvalue weighted by molar-refractivity contribution is -0.156. The highest BCUT2D eigenvalue weighted by molar-refractivity contribution is 5.70. The van der Waals surface area contributed by atoms with Crippen molar-refractivity contribution in [2.45, 2.75) is 84.5 Å². The molecule has 0 aliphatic carbocycles. The van der Waals surface area contributed by atoms with Gasteiger partial charge in [-0.25, -0.2) is 0 Å². The fourth-order valence-corrected chi connectivity index (χ4v) is 3.70. The monoisotopic (exact) mass is 395 g/mol. The van der Waals surface area contributed by atoms with Crippen molar-refractivity contribution in [2.75, 3.05) is 0 Å². The number of hydrogen-bond acceptors (Lipinski definition) is 3. The van der Waals surface area contributed by atoms with E-state index in [0.717, 1.165) is 25.8 Å². The molecule has 158 valence electrons. The zero-order chi connectivity index (χ0) is 21.3. The molecule has 0 saturated carbocycles. The summed E-state index contributed by atoms with van der Waals surface area (Å²) >= 11 is 0. The molecule has 0 N–H and O–H groups in total. The molecular weight excluding hydrogens is 358 g/mol. The SMILES string of the molecule is CCCC[C@H](CC(=O)OC(C)(C)C)N(Cc1ccccc1)[C@H](C)c1ccccc1. The van der Waals surface area contributed by atoms with Crippen molar-refractivity contribution in [3.05, 3.63) is 71.8 Å². The number of nitrogens with zero attached hydrogens (tertiary/aromatic N) is 1. The molecule has 2 rings (SSSR count). The minimum absolute atomic E-state index is 0.114. The van der Waals surface area contributed by atoms with Crippen molar-refractivity contribution < 1.29 is 9.53 Å². The molecule has 0 aromatic heterocycles. The molecule has 2 aromatic carbocycles. The molecule has 0 aliphatic rings. The molecule has 29 heavy (non-hydrogen) atoms. The van der Waals surface area contributed by atoms with Gasteiger partial charge in [-0.05, 0) is 45.2 Å². The van der Waals surface area contributed by atoms with Crippen LogP contribution in [-0.4, -0.2) is 22.5 Å². The first kappa shape index (κ1) is 23.2. The van der Waals surface area contributed by atoms with Crippen molar-refractivity contribution in [3.63, 3.8) is 0 Å². The van der Waals surface area contributed by atoms with Crippen LogP contribution in [0.25, 0.3) is 0 Å². The van der Waals surface area contributed by atoms with Crippen LogP contribution in [0.5, 0.6) is 0 Å². The summed E-state index contributed by atoms with van der Waals surface area (Å²) in [6.45, 7) is 11.0. The Hall–Kier alpha value is -2.13. The number of esters is 1. The number of carbonyl (C=O) groups is 1. The molecule has 0 fully saturated rings. The van der Waals surface area contributed by atoms with Crippen LogP contribution in [0.4, 0.5) is 0 Å². The van der Waals surface area contributed by atoms with E-state index >= 15 is 0 Å². The van der Waals surface area contributed by atoms with E-state index in [2.05, 4.69) is 67.3 Å². The summed E-state index contributed by atoms with van der Waals surface area (Å²) in [4.78, 5) is 15.2. The summed E-state index contributed by atoms with van der Waals surface area (Å²) in [5.74, 6) is -0.114. The zero-order valence-electron chi connectivity index (χ0n) is 18.7. The van der Waals surface area contributed by atoms with Gasteiger partial charge >= 0.3 is 5.97 Å². The maximum absolute atomic E-state index is 12.7. The average molecular weight is 396 g/mol. The van der Waals surface area contributed by atoms with Crippen molar-refractivity contribution >= 4 is 5.97 Å². The number of carbonyl (C=O) groups excluding carboxylic acids is 1. The van der Waals surface area contributed by atoms with Gasteiger partial charge in [0.2, 0.25) is 0 Å². The predicted octanol–water partition coefficient (Wildman–Crippen LogP) is 6.54. The number of rotatable bonds is 10. The number of ether oxygens (including phenoxy) is 1. The summed E-state index contributed by atoms with van der Waals surface area (Å²) in [7, 11) is 0. The van der Waals surface area contributed by atoms with E-state index < -0.39 is 5.60 Å². The molecule has 0 unspecified atom stereocenters. The Balaban J connectivity index is 2.30. The van der Waals surface area contributed by atoms with Crippen LogP contribution >= 0.6 is 0 Å². The zero-order valence-corrected chi connectivity index (χ0v) is 18.7. The van der Waals surface area contributed by atoms with Crippen LogP contribution in [0.3, 0.4) is 0 Å². The summed E-state index contributed by atoms with van der Waals surface area (Å²) in [6.07, 6.45) is 3.62. The summed E-state index contributed by atoms with van der Waals surface area (Å²) in [5.41, 5.74) is 2.08. The minimum atomic E-state index is -0.457. The number of unbranched alkanes of at least 4 members (excludes halogenated alkanes) is 1. The number of hydrogen-bond donors (Lipinski definition) is 0. The maximum atomic E-state index is 12.7. The highest BCUT2D eigenvalue weighted by Crippen LogP contribution is 2.29. The van der Waals surface area contributed by atoms with Crippen LogP contribution in [-0.2, 0) is 16.1 Å². The standard InChI is InChI=1S/C26H37NO2/c1-6-7-18-24(19-25(28)29-26(3,4)5)27(20-22-14-10-8-11-15-22)21(2)23-16-12-9-13-17-23/h8-17,21,24H,6-7,18-20H2,1-5H3/t21-,24-/m1/s1. The topological polar surface area (TPSA) is 29.5 Å². The molecule has 0 radical (unpaired) electrons. The highest BCUT2D eigenvalue weighted by Gasteiger charge is 2.28. The highest BCUT2D eigenvalue weighted by atomic mass is 16.6. The van der Waals surface area contributed by atoms with Crippen LogP contribution < -0.4 is 0 Å². The first-order valence-electron chi connectivity index (χ1n) is 10.9. The smallest absolute Gasteiger partial charge is 0.307 e. The lowest BCUT2D eigenvalue weighted by Gasteiger charge is -2.37. The predicted molar refractivity (Wildman–Crippen MR) is 121 cm³/mol. The molecule has 0 amide bonds. The molecule has 2 aromatic rings. The Morgan fingerprint density at radius 2 is 1.59 bits per heavy atom. The van der Waals surface area contributed by atoms with E-state index in [4.69, 9.17) is 4.74 Å². The van der Waals surface area contributed by atoms with Crippen LogP contribution in [0, 0.1) is 0 Å². The Morgan fingerprint density at radius 3 is 2.14 bits per heavy atom. The van der Waals surface area contributed by atoms with Gasteiger partial charge in [0, 0.05) is 18.6 Å². The van der Waals surface area contributed by atoms with Gasteiger partial charge in [-0.1, -0.05) is 80.4 Å². The van der Waals surface area contributed by atoms with Gasteiger partial charge in [0.05, 0.1) is 6.42 Å². The van der Waals surface area contributed by atoms with E-state index in [1.54, 1.807) is 0 Å². The van der Waals surface area contributed by atoms with Crippen molar-refractivity contribution in [1.82, 2.24) is 4.90 Å². The largest absolute Gasteiger partial charge is 0.460 e. The second-order valence-corrected chi connectivity index (χ2v) is 8.83. The summed E-state index contributed by atoms with van der Waals surface area (Å²) in [5, 5.41) is 0.